The van der Waals surface area contributed by atoms with Crippen molar-refractivity contribution in [2.75, 3.05) is 19.5 Å². The summed E-state index contributed by atoms with van der Waals surface area (Å²) in [6, 6.07) is 3.74. The normalized spacial score (nSPS) is 12.0. The summed E-state index contributed by atoms with van der Waals surface area (Å²) in [6.07, 6.45) is 0. The van der Waals surface area contributed by atoms with E-state index in [2.05, 4.69) is 25.0 Å². The number of carbonyl (C=O) groups is 1. The average molecular weight is 309 g/mol. The Kier molecular flexibility index (Phi) is 5.10. The van der Waals surface area contributed by atoms with Crippen LogP contribution in [0, 0.1) is 5.41 Å². The Morgan fingerprint density at radius 2 is 1.67 bits per heavy atom. The van der Waals surface area contributed by atoms with Gasteiger partial charge in [-0.25, -0.2) is 0 Å². The third-order valence-corrected chi connectivity index (χ3v) is 5.20. The molecular weight excluding hydrogens is 282 g/mol. The standard InChI is InChI=1S/C16H27NO3Si/c1-16(2,3)15(18)17-11-9-10-12(19-4)14(13(11)20-5)21(6,7)8/h9-10H,1-8H3,(H,17,18). The van der Waals surface area contributed by atoms with Crippen molar-refractivity contribution in [2.45, 2.75) is 40.4 Å². The monoisotopic (exact) mass is 309 g/mol. The van der Waals surface area contributed by atoms with Crippen LogP contribution >= 0.6 is 0 Å². The van der Waals surface area contributed by atoms with Gasteiger partial charge in [0.1, 0.15) is 11.5 Å². The van der Waals surface area contributed by atoms with Crippen LogP contribution in [-0.4, -0.2) is 28.2 Å². The number of nitrogens with one attached hydrogen (secondary N) is 1. The third-order valence-electron chi connectivity index (χ3n) is 3.22. The number of hydrogen-bond donors (Lipinski definition) is 1. The van der Waals surface area contributed by atoms with Crippen LogP contribution in [0.5, 0.6) is 11.5 Å². The van der Waals surface area contributed by atoms with E-state index in [9.17, 15) is 4.79 Å². The number of hydrogen-bond acceptors (Lipinski definition) is 3. The Labute approximate surface area is 128 Å². The maximum Gasteiger partial charge on any atom is 0.229 e. The first kappa shape index (κ1) is 17.6. The highest BCUT2D eigenvalue weighted by atomic mass is 28.3. The van der Waals surface area contributed by atoms with Crippen molar-refractivity contribution in [3.05, 3.63) is 12.1 Å². The van der Waals surface area contributed by atoms with Gasteiger partial charge in [0.15, 0.2) is 0 Å². The van der Waals surface area contributed by atoms with Gasteiger partial charge in [0, 0.05) is 10.6 Å². The van der Waals surface area contributed by atoms with E-state index in [1.165, 1.54) is 0 Å². The molecule has 1 aromatic rings. The Balaban J connectivity index is 3.39. The van der Waals surface area contributed by atoms with Crippen molar-refractivity contribution in [1.82, 2.24) is 0 Å². The molecule has 4 nitrogen and oxygen atoms in total. The quantitative estimate of drug-likeness (QED) is 0.869. The fourth-order valence-electron chi connectivity index (χ4n) is 2.07. The summed E-state index contributed by atoms with van der Waals surface area (Å²) < 4.78 is 11.1. The van der Waals surface area contributed by atoms with Gasteiger partial charge < -0.3 is 14.8 Å². The number of ether oxygens (including phenoxy) is 2. The molecule has 0 fully saturated rings. The molecule has 5 heteroatoms. The molecule has 0 heterocycles. The molecule has 1 rings (SSSR count). The smallest absolute Gasteiger partial charge is 0.229 e. The molecule has 0 aromatic heterocycles. The van der Waals surface area contributed by atoms with Gasteiger partial charge in [-0.05, 0) is 12.1 Å². The summed E-state index contributed by atoms with van der Waals surface area (Å²) in [6.45, 7) is 12.3. The van der Waals surface area contributed by atoms with Crippen LogP contribution in [-0.2, 0) is 4.79 Å². The van der Waals surface area contributed by atoms with Crippen LogP contribution in [0.3, 0.4) is 0 Å². The average Bonchev–Trinajstić information content (AvgIpc) is 2.35. The third kappa shape index (κ3) is 4.00. The molecule has 0 radical (unpaired) electrons. The summed E-state index contributed by atoms with van der Waals surface area (Å²) >= 11 is 0. The summed E-state index contributed by atoms with van der Waals surface area (Å²) in [4.78, 5) is 12.2. The van der Waals surface area contributed by atoms with Crippen LogP contribution in [0.25, 0.3) is 0 Å². The number of rotatable bonds is 4. The van der Waals surface area contributed by atoms with Crippen LogP contribution in [0.1, 0.15) is 20.8 Å². The second-order valence-electron chi connectivity index (χ2n) is 7.18. The molecule has 1 amide bonds. The van der Waals surface area contributed by atoms with E-state index in [1.807, 2.05) is 32.9 Å². The summed E-state index contributed by atoms with van der Waals surface area (Å²) in [5.74, 6) is 1.50. The first-order chi connectivity index (χ1) is 9.52. The molecule has 21 heavy (non-hydrogen) atoms. The Hall–Kier alpha value is -1.49. The molecule has 1 aromatic carbocycles. The van der Waals surface area contributed by atoms with Crippen molar-refractivity contribution in [3.8, 4) is 11.5 Å². The van der Waals surface area contributed by atoms with Crippen molar-refractivity contribution in [3.63, 3.8) is 0 Å². The molecule has 1 N–H and O–H groups in total. The molecule has 0 aliphatic rings. The van der Waals surface area contributed by atoms with Crippen molar-refractivity contribution in [1.29, 1.82) is 0 Å². The lowest BCUT2D eigenvalue weighted by atomic mass is 9.95. The zero-order valence-electron chi connectivity index (χ0n) is 14.4. The Morgan fingerprint density at radius 1 is 1.10 bits per heavy atom. The van der Waals surface area contributed by atoms with E-state index in [0.29, 0.717) is 11.4 Å². The lowest BCUT2D eigenvalue weighted by Crippen LogP contribution is -2.40. The molecular formula is C16H27NO3Si. The second-order valence-corrected chi connectivity index (χ2v) is 12.2. The van der Waals surface area contributed by atoms with Gasteiger partial charge in [-0.15, -0.1) is 0 Å². The van der Waals surface area contributed by atoms with E-state index in [0.717, 1.165) is 10.9 Å². The highest BCUT2D eigenvalue weighted by Gasteiger charge is 2.29. The fraction of sp³-hybridized carbons (Fsp3) is 0.562. The zero-order chi connectivity index (χ0) is 16.4. The number of anilines is 1. The number of methoxy groups -OCH3 is 2. The Morgan fingerprint density at radius 3 is 2.05 bits per heavy atom. The van der Waals surface area contributed by atoms with Crippen LogP contribution < -0.4 is 20.0 Å². The first-order valence-electron chi connectivity index (χ1n) is 7.09. The zero-order valence-corrected chi connectivity index (χ0v) is 15.4. The predicted octanol–water partition coefficient (Wildman–Crippen LogP) is 3.23. The number of benzene rings is 1. The Bertz CT molecular complexity index is 528. The molecule has 118 valence electrons. The largest absolute Gasteiger partial charge is 0.497 e. The van der Waals surface area contributed by atoms with Crippen LogP contribution in [0.2, 0.25) is 19.6 Å². The van der Waals surface area contributed by atoms with Crippen LogP contribution in [0.15, 0.2) is 12.1 Å². The summed E-state index contributed by atoms with van der Waals surface area (Å²) in [5.41, 5.74) is 0.250. The number of amides is 1. The second kappa shape index (κ2) is 6.09. The van der Waals surface area contributed by atoms with Gasteiger partial charge in [0.2, 0.25) is 5.91 Å². The molecule has 0 spiro atoms. The minimum absolute atomic E-state index is 0.0347. The topological polar surface area (TPSA) is 47.6 Å². The highest BCUT2D eigenvalue weighted by molar-refractivity contribution is 6.90. The molecule has 0 atom stereocenters. The van der Waals surface area contributed by atoms with E-state index in [-0.39, 0.29) is 5.91 Å². The van der Waals surface area contributed by atoms with E-state index in [4.69, 9.17) is 9.47 Å². The van der Waals surface area contributed by atoms with Crippen molar-refractivity contribution in [2.24, 2.45) is 5.41 Å². The summed E-state index contributed by atoms with van der Waals surface area (Å²) in [7, 11) is 1.59. The van der Waals surface area contributed by atoms with Gasteiger partial charge in [-0.1, -0.05) is 40.4 Å². The molecule has 0 unspecified atom stereocenters. The van der Waals surface area contributed by atoms with Crippen molar-refractivity contribution < 1.29 is 14.3 Å². The van der Waals surface area contributed by atoms with Gasteiger partial charge in [0.05, 0.1) is 28.0 Å². The SMILES string of the molecule is COc1ccc(NC(=O)C(C)(C)C)c(OC)c1[Si](C)(C)C. The molecule has 0 aliphatic heterocycles. The number of carbonyl (C=O) groups excluding carboxylic acids is 1. The molecule has 0 saturated heterocycles. The van der Waals surface area contributed by atoms with Gasteiger partial charge in [-0.3, -0.25) is 4.79 Å². The first-order valence-corrected chi connectivity index (χ1v) is 10.6. The van der Waals surface area contributed by atoms with Crippen LogP contribution in [0.4, 0.5) is 5.69 Å². The predicted molar refractivity (Wildman–Crippen MR) is 90.6 cm³/mol. The lowest BCUT2D eigenvalue weighted by Gasteiger charge is -2.26. The van der Waals surface area contributed by atoms with Gasteiger partial charge >= 0.3 is 0 Å². The molecule has 0 bridgehead atoms. The van der Waals surface area contributed by atoms with Gasteiger partial charge in [-0.2, -0.15) is 0 Å². The van der Waals surface area contributed by atoms with Gasteiger partial charge in [0.25, 0.3) is 0 Å². The molecule has 0 aliphatic carbocycles. The minimum Gasteiger partial charge on any atom is -0.497 e. The fourth-order valence-corrected chi connectivity index (χ4v) is 3.91. The maximum atomic E-state index is 12.2. The maximum absolute atomic E-state index is 12.2. The van der Waals surface area contributed by atoms with Crippen molar-refractivity contribution >= 4 is 24.9 Å². The molecule has 0 saturated carbocycles. The highest BCUT2D eigenvalue weighted by Crippen LogP contribution is 2.31. The van der Waals surface area contributed by atoms with E-state index >= 15 is 0 Å². The van der Waals surface area contributed by atoms with E-state index < -0.39 is 13.5 Å². The lowest BCUT2D eigenvalue weighted by molar-refractivity contribution is -0.123. The van der Waals surface area contributed by atoms with E-state index in [1.54, 1.807) is 14.2 Å². The minimum atomic E-state index is -1.69. The summed E-state index contributed by atoms with van der Waals surface area (Å²) in [5, 5.41) is 4.05.